The van der Waals surface area contributed by atoms with Gasteiger partial charge in [0, 0.05) is 21.8 Å². The zero-order chi connectivity index (χ0) is 20.1. The van der Waals surface area contributed by atoms with Gasteiger partial charge in [-0.05, 0) is 50.4 Å². The molecule has 0 aliphatic heterocycles. The molecular formula is C22H23NO4S. The van der Waals surface area contributed by atoms with Crippen LogP contribution in [0.1, 0.15) is 33.5 Å². The van der Waals surface area contributed by atoms with E-state index in [1.54, 1.807) is 30.4 Å². The third kappa shape index (κ3) is 4.70. The molecule has 0 spiro atoms. The summed E-state index contributed by atoms with van der Waals surface area (Å²) in [7, 11) is 0. The van der Waals surface area contributed by atoms with Crippen molar-refractivity contribution in [3.63, 3.8) is 0 Å². The van der Waals surface area contributed by atoms with Gasteiger partial charge in [-0.15, -0.1) is 11.3 Å². The van der Waals surface area contributed by atoms with Crippen molar-refractivity contribution >= 4 is 23.1 Å². The van der Waals surface area contributed by atoms with Crippen molar-refractivity contribution in [2.45, 2.75) is 33.4 Å². The first-order valence-electron chi connectivity index (χ1n) is 9.06. The highest BCUT2D eigenvalue weighted by molar-refractivity contribution is 7.09. The van der Waals surface area contributed by atoms with E-state index >= 15 is 0 Å². The van der Waals surface area contributed by atoms with Gasteiger partial charge in [0.1, 0.15) is 5.75 Å². The van der Waals surface area contributed by atoms with Crippen LogP contribution >= 0.6 is 11.3 Å². The number of hydrogen-bond donors (Lipinski definition) is 0. The number of Topliss-reactive ketones (excluding diaryl/α,β-unsaturated/α-hetero) is 1. The highest BCUT2D eigenvalue weighted by Crippen LogP contribution is 2.20. The van der Waals surface area contributed by atoms with Crippen molar-refractivity contribution in [1.82, 2.24) is 4.57 Å². The van der Waals surface area contributed by atoms with Gasteiger partial charge in [-0.2, -0.15) is 0 Å². The number of aromatic nitrogens is 1. The Hall–Kier alpha value is -2.86. The Balaban J connectivity index is 1.59. The number of para-hydroxylation sites is 1. The molecule has 2 aromatic heterocycles. The van der Waals surface area contributed by atoms with E-state index in [2.05, 4.69) is 10.6 Å². The zero-order valence-corrected chi connectivity index (χ0v) is 17.0. The molecule has 3 aromatic rings. The molecule has 5 nitrogen and oxygen atoms in total. The molecule has 0 bridgehead atoms. The van der Waals surface area contributed by atoms with Gasteiger partial charge in [-0.3, -0.25) is 4.79 Å². The molecule has 0 fully saturated rings. The Morgan fingerprint density at radius 2 is 1.86 bits per heavy atom. The fraction of sp³-hybridized carbons (Fsp3) is 0.273. The lowest BCUT2D eigenvalue weighted by Crippen LogP contribution is -2.28. The molecule has 0 unspecified atom stereocenters. The summed E-state index contributed by atoms with van der Waals surface area (Å²) in [5.74, 6) is -0.203. The monoisotopic (exact) mass is 397 g/mol. The Morgan fingerprint density at radius 3 is 2.54 bits per heavy atom. The summed E-state index contributed by atoms with van der Waals surface area (Å²) in [6, 6.07) is 15.0. The molecule has 0 saturated heterocycles. The van der Waals surface area contributed by atoms with E-state index in [-0.39, 0.29) is 12.4 Å². The number of hydrogen-bond acceptors (Lipinski definition) is 5. The highest BCUT2D eigenvalue weighted by Gasteiger charge is 2.21. The number of ketones is 1. The SMILES string of the molecule is Cc1cc(C(=O)COC(=O)[C@@H](C)Oc2ccccc2)c(C)n1Cc1cccs1. The first-order chi connectivity index (χ1) is 13.5. The van der Waals surface area contributed by atoms with Crippen LogP contribution in [0.5, 0.6) is 5.75 Å². The Morgan fingerprint density at radius 1 is 1.11 bits per heavy atom. The van der Waals surface area contributed by atoms with Crippen molar-refractivity contribution in [1.29, 1.82) is 0 Å². The lowest BCUT2D eigenvalue weighted by molar-refractivity contribution is -0.149. The van der Waals surface area contributed by atoms with Crippen LogP contribution in [0, 0.1) is 13.8 Å². The number of benzene rings is 1. The number of ether oxygens (including phenoxy) is 2. The van der Waals surface area contributed by atoms with Crippen LogP contribution in [0.4, 0.5) is 0 Å². The third-order valence-electron chi connectivity index (χ3n) is 4.50. The summed E-state index contributed by atoms with van der Waals surface area (Å²) in [6.07, 6.45) is -0.790. The average Bonchev–Trinajstić information content (AvgIpc) is 3.30. The minimum Gasteiger partial charge on any atom is -0.479 e. The lowest BCUT2D eigenvalue weighted by Gasteiger charge is -2.13. The Labute approximate surface area is 168 Å². The van der Waals surface area contributed by atoms with Crippen molar-refractivity contribution in [3.05, 3.63) is 75.7 Å². The van der Waals surface area contributed by atoms with Crippen LogP contribution in [-0.2, 0) is 16.1 Å². The maximum Gasteiger partial charge on any atom is 0.347 e. The predicted octanol–water partition coefficient (Wildman–Crippen LogP) is 4.41. The van der Waals surface area contributed by atoms with E-state index in [1.807, 2.05) is 49.6 Å². The maximum absolute atomic E-state index is 12.6. The summed E-state index contributed by atoms with van der Waals surface area (Å²) < 4.78 is 12.8. The normalized spacial score (nSPS) is 11.8. The molecule has 0 amide bonds. The van der Waals surface area contributed by atoms with E-state index in [9.17, 15) is 9.59 Å². The molecule has 0 aliphatic rings. The molecule has 1 aromatic carbocycles. The van der Waals surface area contributed by atoms with E-state index in [0.717, 1.165) is 17.9 Å². The molecule has 1 atom stereocenters. The topological polar surface area (TPSA) is 57.5 Å². The summed E-state index contributed by atoms with van der Waals surface area (Å²) in [5, 5.41) is 2.04. The van der Waals surface area contributed by atoms with Gasteiger partial charge in [0.25, 0.3) is 0 Å². The molecule has 0 N–H and O–H groups in total. The predicted molar refractivity (Wildman–Crippen MR) is 109 cm³/mol. The first kappa shape index (κ1) is 19.9. The van der Waals surface area contributed by atoms with Gasteiger partial charge >= 0.3 is 5.97 Å². The van der Waals surface area contributed by atoms with E-state index < -0.39 is 12.1 Å². The maximum atomic E-state index is 12.6. The Kier molecular flexibility index (Phi) is 6.31. The number of aryl methyl sites for hydroxylation is 1. The minimum atomic E-state index is -0.790. The second-order valence-corrected chi connectivity index (χ2v) is 7.59. The summed E-state index contributed by atoms with van der Waals surface area (Å²) in [5.41, 5.74) is 2.46. The molecule has 0 aliphatic carbocycles. The van der Waals surface area contributed by atoms with Gasteiger partial charge < -0.3 is 14.0 Å². The number of carbonyl (C=O) groups is 2. The standard InChI is InChI=1S/C22H23NO4S/c1-15-12-20(16(2)23(15)13-19-10-7-11-28-19)21(24)14-26-22(25)17(3)27-18-8-5-4-6-9-18/h4-12,17H,13-14H2,1-3H3/t17-/m1/s1. The molecular weight excluding hydrogens is 374 g/mol. The molecule has 0 saturated carbocycles. The highest BCUT2D eigenvalue weighted by atomic mass is 32.1. The smallest absolute Gasteiger partial charge is 0.347 e. The average molecular weight is 397 g/mol. The van der Waals surface area contributed by atoms with Crippen LogP contribution in [0.3, 0.4) is 0 Å². The fourth-order valence-electron chi connectivity index (χ4n) is 2.97. The summed E-state index contributed by atoms with van der Waals surface area (Å²) in [6.45, 7) is 5.91. The summed E-state index contributed by atoms with van der Waals surface area (Å²) in [4.78, 5) is 26.0. The quantitative estimate of drug-likeness (QED) is 0.417. The third-order valence-corrected chi connectivity index (χ3v) is 5.36. The van der Waals surface area contributed by atoms with Crippen LogP contribution in [0.2, 0.25) is 0 Å². The number of thiophene rings is 1. The number of carbonyl (C=O) groups excluding carboxylic acids is 2. The molecule has 0 radical (unpaired) electrons. The molecule has 2 heterocycles. The summed E-state index contributed by atoms with van der Waals surface area (Å²) >= 11 is 1.68. The van der Waals surface area contributed by atoms with Gasteiger partial charge in [-0.25, -0.2) is 4.79 Å². The largest absolute Gasteiger partial charge is 0.479 e. The fourth-order valence-corrected chi connectivity index (χ4v) is 3.66. The van der Waals surface area contributed by atoms with Crippen LogP contribution in [0.15, 0.2) is 53.9 Å². The Bertz CT molecular complexity index is 945. The minimum absolute atomic E-state index is 0.217. The van der Waals surface area contributed by atoms with E-state index in [1.165, 1.54) is 4.88 Å². The van der Waals surface area contributed by atoms with Crippen LogP contribution in [-0.4, -0.2) is 29.0 Å². The number of nitrogens with zero attached hydrogens (tertiary/aromatic N) is 1. The molecule has 28 heavy (non-hydrogen) atoms. The zero-order valence-electron chi connectivity index (χ0n) is 16.2. The second kappa shape index (κ2) is 8.89. The number of esters is 1. The van der Waals surface area contributed by atoms with Gasteiger partial charge in [-0.1, -0.05) is 24.3 Å². The van der Waals surface area contributed by atoms with Gasteiger partial charge in [0.15, 0.2) is 12.7 Å². The molecule has 146 valence electrons. The van der Waals surface area contributed by atoms with Crippen LogP contribution in [0.25, 0.3) is 0 Å². The van der Waals surface area contributed by atoms with Gasteiger partial charge in [0.2, 0.25) is 5.78 Å². The van der Waals surface area contributed by atoms with Crippen molar-refractivity contribution in [3.8, 4) is 5.75 Å². The second-order valence-electron chi connectivity index (χ2n) is 6.55. The van der Waals surface area contributed by atoms with Crippen LogP contribution < -0.4 is 4.74 Å². The van der Waals surface area contributed by atoms with Crippen molar-refractivity contribution in [2.75, 3.05) is 6.61 Å². The van der Waals surface area contributed by atoms with Crippen molar-refractivity contribution < 1.29 is 19.1 Å². The van der Waals surface area contributed by atoms with E-state index in [0.29, 0.717) is 11.3 Å². The molecule has 3 rings (SSSR count). The number of rotatable bonds is 8. The molecule has 6 heteroatoms. The van der Waals surface area contributed by atoms with Gasteiger partial charge in [0.05, 0.1) is 6.54 Å². The lowest BCUT2D eigenvalue weighted by atomic mass is 10.1. The van der Waals surface area contributed by atoms with Crippen molar-refractivity contribution in [2.24, 2.45) is 0 Å². The first-order valence-corrected chi connectivity index (χ1v) is 9.94. The van der Waals surface area contributed by atoms with E-state index in [4.69, 9.17) is 9.47 Å².